The number of methoxy groups -OCH3 is 1. The van der Waals surface area contributed by atoms with Gasteiger partial charge in [0, 0.05) is 24.4 Å². The fourth-order valence-corrected chi connectivity index (χ4v) is 4.23. The van der Waals surface area contributed by atoms with Gasteiger partial charge in [-0.05, 0) is 43.3 Å². The van der Waals surface area contributed by atoms with Crippen LogP contribution in [0.2, 0.25) is 0 Å². The van der Waals surface area contributed by atoms with Crippen LogP contribution in [-0.4, -0.2) is 50.9 Å². The van der Waals surface area contributed by atoms with E-state index in [2.05, 4.69) is 10.2 Å². The highest BCUT2D eigenvalue weighted by atomic mass is 32.2. The Morgan fingerprint density at radius 3 is 2.21 bits per heavy atom. The second kappa shape index (κ2) is 8.08. The molecule has 0 N–H and O–H groups in total. The van der Waals surface area contributed by atoms with Crippen molar-refractivity contribution in [1.29, 1.82) is 0 Å². The fraction of sp³-hybridized carbons (Fsp3) is 0.238. The van der Waals surface area contributed by atoms with Crippen molar-refractivity contribution in [3.8, 4) is 17.1 Å². The number of carbonyl (C=O) groups excluding carboxylic acids is 2. The average molecular weight is 408 g/mol. The lowest BCUT2D eigenvalue weighted by molar-refractivity contribution is 0.0664. The molecule has 0 saturated heterocycles. The summed E-state index contributed by atoms with van der Waals surface area (Å²) in [4.78, 5) is 26.2. The molecular weight excluding hydrogens is 388 g/mol. The number of hydrogen-bond donors (Lipinski definition) is 0. The molecule has 4 rings (SSSR count). The number of hydrogen-bond acceptors (Lipinski definition) is 6. The molecule has 0 saturated carbocycles. The zero-order valence-corrected chi connectivity index (χ0v) is 17.0. The molecule has 0 unspecified atom stereocenters. The molecule has 0 spiro atoms. The molecule has 1 aliphatic rings. The van der Waals surface area contributed by atoms with E-state index in [1.165, 1.54) is 16.7 Å². The Hall–Kier alpha value is -3.13. The average Bonchev–Trinajstić information content (AvgIpc) is 3.28. The van der Waals surface area contributed by atoms with Crippen LogP contribution < -0.4 is 4.74 Å². The van der Waals surface area contributed by atoms with E-state index in [9.17, 15) is 9.59 Å². The lowest BCUT2D eigenvalue weighted by Crippen LogP contribution is -2.31. The van der Waals surface area contributed by atoms with Gasteiger partial charge in [0.1, 0.15) is 5.75 Å². The molecule has 7 nitrogen and oxygen atoms in total. The van der Waals surface area contributed by atoms with Crippen molar-refractivity contribution in [2.24, 2.45) is 0 Å². The van der Waals surface area contributed by atoms with Gasteiger partial charge in [0.05, 0.1) is 18.2 Å². The predicted molar refractivity (Wildman–Crippen MR) is 110 cm³/mol. The van der Waals surface area contributed by atoms with Gasteiger partial charge in [0.25, 0.3) is 11.8 Å². The number of nitrogens with zero attached hydrogens (tertiary/aromatic N) is 4. The van der Waals surface area contributed by atoms with Crippen LogP contribution in [0.15, 0.2) is 53.7 Å². The highest BCUT2D eigenvalue weighted by Crippen LogP contribution is 2.27. The maximum absolute atomic E-state index is 12.5. The number of ether oxygens (including phenoxy) is 1. The maximum atomic E-state index is 12.5. The van der Waals surface area contributed by atoms with E-state index in [0.717, 1.165) is 22.3 Å². The Morgan fingerprint density at radius 2 is 1.62 bits per heavy atom. The van der Waals surface area contributed by atoms with Crippen LogP contribution in [0.4, 0.5) is 0 Å². The first-order valence-corrected chi connectivity index (χ1v) is 10.3. The van der Waals surface area contributed by atoms with Gasteiger partial charge in [-0.25, -0.2) is 0 Å². The van der Waals surface area contributed by atoms with Gasteiger partial charge in [-0.15, -0.1) is 10.2 Å². The third-order valence-electron chi connectivity index (χ3n) is 4.81. The molecule has 8 heteroatoms. The number of rotatable bonds is 7. The number of amides is 2. The van der Waals surface area contributed by atoms with Crippen LogP contribution in [0.3, 0.4) is 0 Å². The lowest BCUT2D eigenvalue weighted by Gasteiger charge is -2.13. The zero-order valence-electron chi connectivity index (χ0n) is 16.2. The second-order valence-corrected chi connectivity index (χ2v) is 7.50. The molecule has 0 radical (unpaired) electrons. The molecule has 1 aromatic heterocycles. The first-order valence-electron chi connectivity index (χ1n) is 9.29. The molecule has 1 aliphatic heterocycles. The van der Waals surface area contributed by atoms with Crippen molar-refractivity contribution in [2.75, 3.05) is 19.4 Å². The summed E-state index contributed by atoms with van der Waals surface area (Å²) in [6, 6.07) is 14.6. The Balaban J connectivity index is 1.45. The summed E-state index contributed by atoms with van der Waals surface area (Å²) in [7, 11) is 1.63. The molecular formula is C21H20N4O3S. The topological polar surface area (TPSA) is 77.3 Å². The zero-order chi connectivity index (χ0) is 20.4. The van der Waals surface area contributed by atoms with Crippen LogP contribution >= 0.6 is 11.8 Å². The summed E-state index contributed by atoms with van der Waals surface area (Å²) in [5.41, 5.74) is 1.90. The number of imide groups is 1. The highest BCUT2D eigenvalue weighted by molar-refractivity contribution is 7.99. The molecule has 0 atom stereocenters. The minimum absolute atomic E-state index is 0.234. The van der Waals surface area contributed by atoms with Crippen LogP contribution in [0, 0.1) is 0 Å². The number of fused-ring (bicyclic) bond motifs is 1. The largest absolute Gasteiger partial charge is 0.497 e. The molecule has 3 aromatic rings. The number of benzene rings is 2. The van der Waals surface area contributed by atoms with Crippen molar-refractivity contribution in [2.45, 2.75) is 18.6 Å². The fourth-order valence-electron chi connectivity index (χ4n) is 3.30. The van der Waals surface area contributed by atoms with Crippen LogP contribution in [0.1, 0.15) is 27.6 Å². The summed E-state index contributed by atoms with van der Waals surface area (Å²) in [5, 5.41) is 9.39. The van der Waals surface area contributed by atoms with Crippen LogP contribution in [0.25, 0.3) is 11.4 Å². The number of thioether (sulfide) groups is 1. The molecule has 148 valence electrons. The van der Waals surface area contributed by atoms with Gasteiger partial charge >= 0.3 is 0 Å². The normalized spacial score (nSPS) is 13.1. The van der Waals surface area contributed by atoms with E-state index < -0.39 is 0 Å². The van der Waals surface area contributed by atoms with Crippen LogP contribution in [-0.2, 0) is 6.54 Å². The van der Waals surface area contributed by atoms with E-state index in [1.807, 2.05) is 35.8 Å². The summed E-state index contributed by atoms with van der Waals surface area (Å²) < 4.78 is 7.23. The number of carbonyl (C=O) groups is 2. The summed E-state index contributed by atoms with van der Waals surface area (Å²) in [6.45, 7) is 3.07. The van der Waals surface area contributed by atoms with Crippen LogP contribution in [0.5, 0.6) is 5.75 Å². The molecule has 2 aromatic carbocycles. The van der Waals surface area contributed by atoms with Gasteiger partial charge in [-0.2, -0.15) is 0 Å². The Labute approximate surface area is 172 Å². The third-order valence-corrected chi connectivity index (χ3v) is 5.75. The molecule has 2 amide bonds. The maximum Gasteiger partial charge on any atom is 0.261 e. The molecule has 0 fully saturated rings. The standard InChI is InChI=1S/C21H20N4O3S/c1-3-24-18(14-8-10-15(28-2)11-9-14)22-23-21(24)29-13-12-25-19(26)16-6-4-5-7-17(16)20(25)27/h4-11H,3,12-13H2,1-2H3. The van der Waals surface area contributed by atoms with Crippen molar-refractivity contribution < 1.29 is 14.3 Å². The van der Waals surface area contributed by atoms with Crippen molar-refractivity contribution in [3.05, 3.63) is 59.7 Å². The monoisotopic (exact) mass is 408 g/mol. The van der Waals surface area contributed by atoms with Gasteiger partial charge < -0.3 is 9.30 Å². The van der Waals surface area contributed by atoms with Crippen molar-refractivity contribution in [3.63, 3.8) is 0 Å². The summed E-state index contributed by atoms with van der Waals surface area (Å²) in [6.07, 6.45) is 0. The minimum Gasteiger partial charge on any atom is -0.497 e. The Morgan fingerprint density at radius 1 is 0.966 bits per heavy atom. The molecule has 29 heavy (non-hydrogen) atoms. The predicted octanol–water partition coefficient (Wildman–Crippen LogP) is 3.36. The van der Waals surface area contributed by atoms with Crippen molar-refractivity contribution in [1.82, 2.24) is 19.7 Å². The first kappa shape index (κ1) is 19.2. The highest BCUT2D eigenvalue weighted by Gasteiger charge is 2.34. The van der Waals surface area contributed by atoms with Gasteiger partial charge in [-0.1, -0.05) is 23.9 Å². The summed E-state index contributed by atoms with van der Waals surface area (Å²) >= 11 is 1.48. The van der Waals surface area contributed by atoms with Gasteiger partial charge in [0.15, 0.2) is 11.0 Å². The number of aromatic nitrogens is 3. The quantitative estimate of drug-likeness (QED) is 0.441. The van der Waals surface area contributed by atoms with Gasteiger partial charge in [-0.3, -0.25) is 14.5 Å². The Bertz CT molecular complexity index is 1030. The SMILES string of the molecule is CCn1c(SCCN2C(=O)c3ccccc3C2=O)nnc1-c1ccc(OC)cc1. The van der Waals surface area contributed by atoms with E-state index in [4.69, 9.17) is 4.74 Å². The van der Waals surface area contributed by atoms with Crippen molar-refractivity contribution >= 4 is 23.6 Å². The first-order chi connectivity index (χ1) is 14.1. The van der Waals surface area contributed by atoms with E-state index >= 15 is 0 Å². The van der Waals surface area contributed by atoms with E-state index in [0.29, 0.717) is 30.0 Å². The summed E-state index contributed by atoms with van der Waals surface area (Å²) in [5.74, 6) is 1.64. The Kier molecular flexibility index (Phi) is 5.35. The molecule has 0 bridgehead atoms. The van der Waals surface area contributed by atoms with E-state index in [1.54, 1.807) is 31.4 Å². The smallest absolute Gasteiger partial charge is 0.261 e. The molecule has 0 aliphatic carbocycles. The second-order valence-electron chi connectivity index (χ2n) is 6.43. The lowest BCUT2D eigenvalue weighted by atomic mass is 10.1. The van der Waals surface area contributed by atoms with E-state index in [-0.39, 0.29) is 11.8 Å². The van der Waals surface area contributed by atoms with Gasteiger partial charge in [0.2, 0.25) is 0 Å². The molecule has 2 heterocycles. The third kappa shape index (κ3) is 3.51. The minimum atomic E-state index is -0.234.